The molecular weight excluding hydrogens is 492 g/mol. The van der Waals surface area contributed by atoms with Crippen LogP contribution in [0, 0.1) is 0 Å². The number of rotatable bonds is 15. The summed E-state index contributed by atoms with van der Waals surface area (Å²) in [7, 11) is 0. The van der Waals surface area contributed by atoms with Gasteiger partial charge in [0.25, 0.3) is 0 Å². The number of aliphatic hydroxyl groups excluding tert-OH is 1. The number of benzene rings is 2. The van der Waals surface area contributed by atoms with Crippen LogP contribution in [0.5, 0.6) is 11.5 Å². The number of unbranched alkanes of at least 4 members (excludes halogenated alkanes) is 2. The Bertz CT molecular complexity index is 1250. The SMILES string of the molecule is CCCCC[C@@H](O)CC(=O)CCc1ccc(O)c(OCN2C=C3C(Cc4cccc(C(N)N)c4)=CN=C3C2)c1. The number of hydrogen-bond donors (Lipinski definition) is 4. The zero-order valence-electron chi connectivity index (χ0n) is 22.7. The van der Waals surface area contributed by atoms with Crippen molar-refractivity contribution in [1.29, 1.82) is 0 Å². The number of aromatic hydroxyl groups is 1. The van der Waals surface area contributed by atoms with Gasteiger partial charge in [-0.2, -0.15) is 0 Å². The van der Waals surface area contributed by atoms with Crippen molar-refractivity contribution < 1.29 is 19.7 Å². The normalized spacial score (nSPS) is 15.2. The molecule has 2 aromatic rings. The van der Waals surface area contributed by atoms with Crippen LogP contribution in [0.2, 0.25) is 0 Å². The van der Waals surface area contributed by atoms with Crippen molar-refractivity contribution in [2.24, 2.45) is 16.5 Å². The molecule has 2 aliphatic rings. The van der Waals surface area contributed by atoms with Gasteiger partial charge in [-0.1, -0.05) is 56.5 Å². The molecule has 0 saturated heterocycles. The highest BCUT2D eigenvalue weighted by molar-refractivity contribution is 6.09. The quantitative estimate of drug-likeness (QED) is 0.199. The van der Waals surface area contributed by atoms with E-state index in [1.807, 2.05) is 35.5 Å². The van der Waals surface area contributed by atoms with Crippen LogP contribution in [-0.4, -0.2) is 46.0 Å². The van der Waals surface area contributed by atoms with Crippen molar-refractivity contribution in [3.63, 3.8) is 0 Å². The van der Waals surface area contributed by atoms with Gasteiger partial charge in [0, 0.05) is 30.8 Å². The van der Waals surface area contributed by atoms with Crippen molar-refractivity contribution in [2.45, 2.75) is 70.6 Å². The van der Waals surface area contributed by atoms with Crippen LogP contribution in [-0.2, 0) is 17.6 Å². The lowest BCUT2D eigenvalue weighted by Gasteiger charge is -2.17. The second-order valence-electron chi connectivity index (χ2n) is 10.4. The molecule has 0 fully saturated rings. The van der Waals surface area contributed by atoms with Gasteiger partial charge in [-0.15, -0.1) is 0 Å². The van der Waals surface area contributed by atoms with Gasteiger partial charge in [0.15, 0.2) is 18.2 Å². The average molecular weight is 533 g/mol. The Hall–Kier alpha value is -3.46. The molecule has 8 heteroatoms. The standard InChI is InChI=1S/C31H40N4O4/c1-2-3-4-8-25(36)16-26(37)11-9-21-10-12-29(38)30(15-21)39-20-35-18-27-24(17-34-28(27)19-35)14-22-6-5-7-23(13-22)31(32)33/h5-7,10,12-13,15,17-18,25,31,36,38H,2-4,8-9,11,14,16,19-20,32-33H2,1H3/t25-/m1/s1. The van der Waals surface area contributed by atoms with Crippen LogP contribution in [0.4, 0.5) is 0 Å². The number of nitrogens with zero attached hydrogens (tertiary/aromatic N) is 2. The maximum atomic E-state index is 12.3. The smallest absolute Gasteiger partial charge is 0.163 e. The summed E-state index contributed by atoms with van der Waals surface area (Å²) >= 11 is 0. The number of allylic oxidation sites excluding steroid dienone is 1. The average Bonchev–Trinajstić information content (AvgIpc) is 3.49. The number of aryl methyl sites for hydroxylation is 1. The molecule has 0 radical (unpaired) electrons. The molecule has 6 N–H and O–H groups in total. The van der Waals surface area contributed by atoms with E-state index in [0.717, 1.165) is 59.2 Å². The Balaban J connectivity index is 1.28. The topological polar surface area (TPSA) is 134 Å². The minimum atomic E-state index is -0.564. The molecule has 0 unspecified atom stereocenters. The van der Waals surface area contributed by atoms with Gasteiger partial charge in [0.2, 0.25) is 0 Å². The van der Waals surface area contributed by atoms with E-state index in [1.165, 1.54) is 0 Å². The lowest BCUT2D eigenvalue weighted by atomic mass is 9.98. The number of nitrogens with two attached hydrogens (primary N) is 2. The molecular formula is C31H40N4O4. The number of phenols is 1. The lowest BCUT2D eigenvalue weighted by molar-refractivity contribution is -0.121. The summed E-state index contributed by atoms with van der Waals surface area (Å²) in [6.07, 6.45) is 8.47. The Morgan fingerprint density at radius 3 is 2.79 bits per heavy atom. The zero-order valence-corrected chi connectivity index (χ0v) is 22.7. The van der Waals surface area contributed by atoms with Crippen molar-refractivity contribution in [3.05, 3.63) is 82.7 Å². The molecule has 0 spiro atoms. The van der Waals surface area contributed by atoms with Gasteiger partial charge in [0.05, 0.1) is 24.5 Å². The van der Waals surface area contributed by atoms with Gasteiger partial charge in [0.1, 0.15) is 5.78 Å². The molecule has 0 saturated carbocycles. The summed E-state index contributed by atoms with van der Waals surface area (Å²) in [5.41, 5.74) is 17.8. The molecule has 0 aliphatic carbocycles. The highest BCUT2D eigenvalue weighted by Crippen LogP contribution is 2.31. The number of hydrogen-bond acceptors (Lipinski definition) is 8. The van der Waals surface area contributed by atoms with Crippen molar-refractivity contribution in [2.75, 3.05) is 13.3 Å². The fraction of sp³-hybridized carbons (Fsp3) is 0.419. The Kier molecular flexibility index (Phi) is 9.92. The molecule has 2 heterocycles. The molecule has 39 heavy (non-hydrogen) atoms. The first-order chi connectivity index (χ1) is 18.8. The number of phenolic OH excluding ortho intramolecular Hbond substituents is 1. The van der Waals surface area contributed by atoms with Crippen molar-refractivity contribution in [3.8, 4) is 11.5 Å². The number of fused-ring (bicyclic) bond motifs is 1. The minimum absolute atomic E-state index is 0.0482. The maximum Gasteiger partial charge on any atom is 0.163 e. The first-order valence-electron chi connectivity index (χ1n) is 13.8. The predicted molar refractivity (Wildman–Crippen MR) is 153 cm³/mol. The second kappa shape index (κ2) is 13.6. The van der Waals surface area contributed by atoms with Crippen molar-refractivity contribution in [1.82, 2.24) is 4.90 Å². The van der Waals surface area contributed by atoms with Crippen LogP contribution in [0.3, 0.4) is 0 Å². The van der Waals surface area contributed by atoms with Crippen LogP contribution in [0.15, 0.2) is 71.0 Å². The number of carbonyl (C=O) groups is 1. The van der Waals surface area contributed by atoms with Crippen molar-refractivity contribution >= 4 is 11.5 Å². The monoisotopic (exact) mass is 532 g/mol. The third kappa shape index (κ3) is 8.02. The fourth-order valence-corrected chi connectivity index (χ4v) is 4.90. The summed E-state index contributed by atoms with van der Waals surface area (Å²) in [5, 5.41) is 20.4. The number of aliphatic hydroxyl groups is 1. The third-order valence-corrected chi connectivity index (χ3v) is 7.13. The molecule has 4 rings (SSSR count). The van der Waals surface area contributed by atoms with E-state index < -0.39 is 12.3 Å². The molecule has 0 bridgehead atoms. The highest BCUT2D eigenvalue weighted by atomic mass is 16.5. The van der Waals surface area contributed by atoms with E-state index in [4.69, 9.17) is 16.2 Å². The molecule has 0 amide bonds. The van der Waals surface area contributed by atoms with Crippen LogP contribution < -0.4 is 16.2 Å². The molecule has 2 aliphatic heterocycles. The van der Waals surface area contributed by atoms with Crippen LogP contribution >= 0.6 is 0 Å². The minimum Gasteiger partial charge on any atom is -0.504 e. The first-order valence-corrected chi connectivity index (χ1v) is 13.8. The molecule has 8 nitrogen and oxygen atoms in total. The highest BCUT2D eigenvalue weighted by Gasteiger charge is 2.26. The van der Waals surface area contributed by atoms with E-state index >= 15 is 0 Å². The first kappa shape index (κ1) is 28.5. The van der Waals surface area contributed by atoms with Crippen LogP contribution in [0.1, 0.15) is 68.3 Å². The van der Waals surface area contributed by atoms with Gasteiger partial charge < -0.3 is 31.3 Å². The molecule has 208 valence electrons. The fourth-order valence-electron chi connectivity index (χ4n) is 4.90. The Morgan fingerprint density at radius 1 is 1.15 bits per heavy atom. The zero-order chi connectivity index (χ0) is 27.8. The number of carbonyl (C=O) groups excluding carboxylic acids is 1. The molecule has 0 aromatic heterocycles. The Labute approximate surface area is 230 Å². The number of Topliss-reactive ketones (excluding diaryl/α,β-unsaturated/α-hetero) is 1. The van der Waals surface area contributed by atoms with Gasteiger partial charge in [-0.05, 0) is 53.7 Å². The third-order valence-electron chi connectivity index (χ3n) is 7.13. The van der Waals surface area contributed by atoms with E-state index in [-0.39, 0.29) is 24.7 Å². The molecule has 1 atom stereocenters. The largest absolute Gasteiger partial charge is 0.504 e. The number of ketones is 1. The summed E-state index contributed by atoms with van der Waals surface area (Å²) in [5.74, 6) is 0.481. The van der Waals surface area contributed by atoms with Gasteiger partial charge in [-0.25, -0.2) is 0 Å². The van der Waals surface area contributed by atoms with E-state index in [0.29, 0.717) is 31.6 Å². The summed E-state index contributed by atoms with van der Waals surface area (Å²) in [6, 6.07) is 13.1. The van der Waals surface area contributed by atoms with E-state index in [2.05, 4.69) is 18.0 Å². The second-order valence-corrected chi connectivity index (χ2v) is 10.4. The molecule has 2 aromatic carbocycles. The van der Waals surface area contributed by atoms with Gasteiger partial charge >= 0.3 is 0 Å². The van der Waals surface area contributed by atoms with Gasteiger partial charge in [-0.3, -0.25) is 9.79 Å². The number of ether oxygens (including phenoxy) is 1. The van der Waals surface area contributed by atoms with E-state index in [1.54, 1.807) is 18.2 Å². The number of aliphatic imine (C=N–C) groups is 1. The maximum absolute atomic E-state index is 12.3. The summed E-state index contributed by atoms with van der Waals surface area (Å²) in [4.78, 5) is 18.9. The predicted octanol–water partition coefficient (Wildman–Crippen LogP) is 4.26. The lowest BCUT2D eigenvalue weighted by Crippen LogP contribution is -2.23. The summed E-state index contributed by atoms with van der Waals surface area (Å²) < 4.78 is 5.95. The van der Waals surface area contributed by atoms with Crippen LogP contribution in [0.25, 0.3) is 0 Å². The Morgan fingerprint density at radius 2 is 2.00 bits per heavy atom. The summed E-state index contributed by atoms with van der Waals surface area (Å²) in [6.45, 7) is 3.00. The van der Waals surface area contributed by atoms with E-state index in [9.17, 15) is 15.0 Å².